The van der Waals surface area contributed by atoms with E-state index >= 15 is 0 Å². The molecule has 220 valence electrons. The summed E-state index contributed by atoms with van der Waals surface area (Å²) in [7, 11) is 5.99. The highest BCUT2D eigenvalue weighted by atomic mass is 16.6. The number of primary amides is 1. The van der Waals surface area contributed by atoms with Crippen molar-refractivity contribution in [1.29, 1.82) is 0 Å². The molecule has 0 bridgehead atoms. The molecule has 6 unspecified atom stereocenters. The molecule has 2 saturated carbocycles. The van der Waals surface area contributed by atoms with Gasteiger partial charge in [0.15, 0.2) is 34.7 Å². The van der Waals surface area contributed by atoms with Crippen LogP contribution in [0.15, 0.2) is 35.5 Å². The Balaban J connectivity index is 1.64. The van der Waals surface area contributed by atoms with Crippen molar-refractivity contribution in [2.45, 2.75) is 24.5 Å². The quantitative estimate of drug-likeness (QED) is 0.248. The number of carbonyl (C=O) groups is 5. The molecule has 0 aliphatic heterocycles. The van der Waals surface area contributed by atoms with Crippen LogP contribution in [-0.4, -0.2) is 90.3 Å². The lowest BCUT2D eigenvalue weighted by Crippen LogP contribution is -2.74. The molecule has 0 saturated heterocycles. The minimum atomic E-state index is -2.77. The predicted octanol–water partition coefficient (Wildman–Crippen LogP) is 0.523. The van der Waals surface area contributed by atoms with Crippen molar-refractivity contribution in [3.63, 3.8) is 0 Å². The van der Waals surface area contributed by atoms with E-state index in [0.29, 0.717) is 28.0 Å². The molecule has 3 aliphatic rings. The summed E-state index contributed by atoms with van der Waals surface area (Å²) in [6.07, 6.45) is 1.57. The first-order valence-electron chi connectivity index (χ1n) is 13.3. The van der Waals surface area contributed by atoms with Crippen molar-refractivity contribution < 1.29 is 43.8 Å². The number of oxime groups is 1. The van der Waals surface area contributed by atoms with Gasteiger partial charge in [0.1, 0.15) is 18.6 Å². The van der Waals surface area contributed by atoms with Gasteiger partial charge in [-0.3, -0.25) is 28.9 Å². The number of phenols is 1. The number of phenolic OH excluding ortho intramolecular Hbond substituents is 1. The van der Waals surface area contributed by atoms with E-state index in [1.165, 1.54) is 31.4 Å². The number of amides is 1. The van der Waals surface area contributed by atoms with Crippen LogP contribution in [0.5, 0.6) is 11.5 Å². The van der Waals surface area contributed by atoms with E-state index < -0.39 is 64.4 Å². The van der Waals surface area contributed by atoms with Gasteiger partial charge in [-0.05, 0) is 67.7 Å². The lowest BCUT2D eigenvalue weighted by Gasteiger charge is -2.52. The molecule has 12 nitrogen and oxygen atoms in total. The second-order valence-electron chi connectivity index (χ2n) is 11.1. The molecule has 0 spiro atoms. The standard InChI is InChI=1S/C30H31N3O9/c1-33(2)24-18-11-14-10-17-16(13-5-8-20(41-3)15(9-13)12-32-42-4)6-7-19(34)22(17)25(35)21(14)27(37)30(18,40)28(38)23(26(24)36)29(31)39/h5-9,12,14,18,21,23-24,34,40H,10-11H2,1-4H3,(H2,31,39)/b32-12-. The molecule has 2 aromatic rings. The third kappa shape index (κ3) is 4.12. The van der Waals surface area contributed by atoms with Crippen molar-refractivity contribution in [3.8, 4) is 22.6 Å². The number of methoxy groups -OCH3 is 1. The van der Waals surface area contributed by atoms with Crippen molar-refractivity contribution in [1.82, 2.24) is 4.90 Å². The zero-order valence-electron chi connectivity index (χ0n) is 23.5. The Morgan fingerprint density at radius 2 is 1.83 bits per heavy atom. The molecule has 4 N–H and O–H groups in total. The molecule has 12 heteroatoms. The van der Waals surface area contributed by atoms with Crippen molar-refractivity contribution in [3.05, 3.63) is 47.0 Å². The number of benzene rings is 2. The lowest BCUT2D eigenvalue weighted by atomic mass is 9.52. The highest BCUT2D eigenvalue weighted by molar-refractivity contribution is 6.32. The number of ketones is 4. The Labute approximate surface area is 241 Å². The van der Waals surface area contributed by atoms with Crippen LogP contribution in [0.1, 0.15) is 27.9 Å². The van der Waals surface area contributed by atoms with Crippen LogP contribution in [0.4, 0.5) is 0 Å². The maximum Gasteiger partial charge on any atom is 0.235 e. The second-order valence-corrected chi connectivity index (χ2v) is 11.1. The number of nitrogens with two attached hydrogens (primary N) is 1. The number of ether oxygens (including phenoxy) is 1. The fraction of sp³-hybridized carbons (Fsp3) is 0.400. The van der Waals surface area contributed by atoms with E-state index in [1.54, 1.807) is 38.4 Å². The Morgan fingerprint density at radius 1 is 1.12 bits per heavy atom. The van der Waals surface area contributed by atoms with Gasteiger partial charge in [0, 0.05) is 11.5 Å². The van der Waals surface area contributed by atoms with Crippen LogP contribution in [0, 0.1) is 23.7 Å². The highest BCUT2D eigenvalue weighted by Crippen LogP contribution is 2.51. The number of rotatable bonds is 6. The first kappa shape index (κ1) is 29.1. The Kier molecular flexibility index (Phi) is 7.23. The fourth-order valence-electron chi connectivity index (χ4n) is 6.99. The molecule has 2 fully saturated rings. The van der Waals surface area contributed by atoms with Gasteiger partial charge >= 0.3 is 0 Å². The SMILES string of the molecule is CO/N=C\c1cc(-c2ccc(O)c3c2CC2CC4C(N(C)C)C(=O)C(C(N)=O)C(=O)C4(O)C(=O)C2C3=O)ccc1OC. The van der Waals surface area contributed by atoms with Gasteiger partial charge in [0.05, 0.1) is 30.8 Å². The van der Waals surface area contributed by atoms with E-state index in [2.05, 4.69) is 5.16 Å². The Hall–Kier alpha value is -4.42. The average molecular weight is 578 g/mol. The number of nitrogens with zero attached hydrogens (tertiary/aromatic N) is 2. The maximum atomic E-state index is 14.0. The van der Waals surface area contributed by atoms with E-state index in [9.17, 15) is 34.2 Å². The van der Waals surface area contributed by atoms with Crippen molar-refractivity contribution in [2.24, 2.45) is 34.6 Å². The normalized spacial score (nSPS) is 28.9. The van der Waals surface area contributed by atoms with Gasteiger partial charge in [-0.15, -0.1) is 0 Å². The zero-order valence-corrected chi connectivity index (χ0v) is 23.5. The van der Waals surface area contributed by atoms with Crippen LogP contribution in [-0.2, 0) is 30.4 Å². The molecule has 0 heterocycles. The predicted molar refractivity (Wildman–Crippen MR) is 148 cm³/mol. The largest absolute Gasteiger partial charge is 0.507 e. The average Bonchev–Trinajstić information content (AvgIpc) is 2.93. The smallest absolute Gasteiger partial charge is 0.235 e. The van der Waals surface area contributed by atoms with Gasteiger partial charge in [0.2, 0.25) is 5.91 Å². The number of fused-ring (bicyclic) bond motifs is 3. The molecule has 0 radical (unpaired) electrons. The number of aromatic hydroxyl groups is 1. The number of Topliss-reactive ketones (excluding diaryl/α,β-unsaturated/α-hetero) is 4. The third-order valence-corrected chi connectivity index (χ3v) is 8.78. The number of likely N-dealkylation sites (N-methyl/N-ethyl adjacent to an activating group) is 1. The number of carbonyl (C=O) groups excluding carboxylic acids is 5. The third-order valence-electron chi connectivity index (χ3n) is 8.78. The monoisotopic (exact) mass is 577 g/mol. The van der Waals surface area contributed by atoms with Crippen LogP contribution < -0.4 is 10.5 Å². The minimum Gasteiger partial charge on any atom is -0.507 e. The molecular weight excluding hydrogens is 546 g/mol. The van der Waals surface area contributed by atoms with Crippen molar-refractivity contribution >= 4 is 35.3 Å². The fourth-order valence-corrected chi connectivity index (χ4v) is 6.99. The highest BCUT2D eigenvalue weighted by Gasteiger charge is 2.69. The van der Waals surface area contributed by atoms with Gasteiger partial charge in [-0.25, -0.2) is 0 Å². The van der Waals surface area contributed by atoms with Gasteiger partial charge < -0.3 is 25.5 Å². The summed E-state index contributed by atoms with van der Waals surface area (Å²) in [6, 6.07) is 7.12. The molecule has 42 heavy (non-hydrogen) atoms. The summed E-state index contributed by atoms with van der Waals surface area (Å²) >= 11 is 0. The first-order chi connectivity index (χ1) is 19.9. The summed E-state index contributed by atoms with van der Waals surface area (Å²) in [6.45, 7) is 0. The summed E-state index contributed by atoms with van der Waals surface area (Å²) < 4.78 is 5.40. The summed E-state index contributed by atoms with van der Waals surface area (Å²) in [4.78, 5) is 73.0. The Bertz CT molecular complexity index is 1570. The number of aliphatic hydroxyl groups is 1. The summed E-state index contributed by atoms with van der Waals surface area (Å²) in [5.74, 6) is -10.4. The lowest BCUT2D eigenvalue weighted by molar-refractivity contribution is -0.181. The van der Waals surface area contributed by atoms with Crippen LogP contribution in [0.2, 0.25) is 0 Å². The zero-order chi connectivity index (χ0) is 30.7. The van der Waals surface area contributed by atoms with E-state index in [4.69, 9.17) is 15.3 Å². The topological polar surface area (TPSA) is 186 Å². The molecule has 5 rings (SSSR count). The molecular formula is C30H31N3O9. The minimum absolute atomic E-state index is 0.0344. The van der Waals surface area contributed by atoms with Crippen LogP contribution in [0.25, 0.3) is 11.1 Å². The van der Waals surface area contributed by atoms with E-state index in [1.807, 2.05) is 0 Å². The molecule has 6 atom stereocenters. The molecule has 2 aromatic carbocycles. The Morgan fingerprint density at radius 3 is 2.45 bits per heavy atom. The molecule has 1 amide bonds. The van der Waals surface area contributed by atoms with Crippen LogP contribution >= 0.6 is 0 Å². The first-order valence-corrected chi connectivity index (χ1v) is 13.3. The van der Waals surface area contributed by atoms with Gasteiger partial charge in [-0.1, -0.05) is 17.3 Å². The van der Waals surface area contributed by atoms with Gasteiger partial charge in [0.25, 0.3) is 0 Å². The molecule has 3 aliphatic carbocycles. The summed E-state index contributed by atoms with van der Waals surface area (Å²) in [5, 5.41) is 26.3. The number of hydrogen-bond acceptors (Lipinski definition) is 11. The maximum absolute atomic E-state index is 14.0. The van der Waals surface area contributed by atoms with Crippen LogP contribution in [0.3, 0.4) is 0 Å². The van der Waals surface area contributed by atoms with E-state index in [0.717, 1.165) is 0 Å². The van der Waals surface area contributed by atoms with E-state index in [-0.39, 0.29) is 24.2 Å². The summed E-state index contributed by atoms with van der Waals surface area (Å²) in [5.41, 5.74) is 4.88. The van der Waals surface area contributed by atoms with Gasteiger partial charge in [-0.2, -0.15) is 0 Å². The number of hydrogen-bond donors (Lipinski definition) is 3. The second kappa shape index (κ2) is 10.4. The van der Waals surface area contributed by atoms with Crippen molar-refractivity contribution in [2.75, 3.05) is 28.3 Å². The molecule has 0 aromatic heterocycles.